The summed E-state index contributed by atoms with van der Waals surface area (Å²) in [5.41, 5.74) is 11.1. The molecule has 1 heterocycles. The van der Waals surface area contributed by atoms with Gasteiger partial charge in [0.2, 0.25) is 5.91 Å². The van der Waals surface area contributed by atoms with Gasteiger partial charge in [-0.1, -0.05) is 44.2 Å². The smallest absolute Gasteiger partial charge is 0.258 e. The number of primary amides is 1. The summed E-state index contributed by atoms with van der Waals surface area (Å²) in [5.74, 6) is -0.134. The van der Waals surface area contributed by atoms with Crippen molar-refractivity contribution < 1.29 is 9.59 Å². The van der Waals surface area contributed by atoms with E-state index >= 15 is 0 Å². The lowest BCUT2D eigenvalue weighted by Crippen LogP contribution is -2.48. The van der Waals surface area contributed by atoms with Crippen molar-refractivity contribution in [3.05, 3.63) is 81.9 Å². The standard InChI is InChI=1S/C28H37N5O2/c1-7-18-10-9-16(3)20(13-18)21-15-22-23(14-19(21)8-2)33-26(34)25(22)17(4)32-24(29)11-12-31-28(5,6)27(30)35/h9-15,19,21,31H,7-8H2,1-6H3,(H2,29,32)(H2,30,35)(H,33,34)/b12-11-,25-17-. The molecule has 6 N–H and O–H groups in total. The minimum absolute atomic E-state index is 0.0823. The Balaban J connectivity index is 1.91. The van der Waals surface area contributed by atoms with Crippen LogP contribution in [0.3, 0.4) is 0 Å². The molecule has 1 fully saturated rings. The molecule has 0 radical (unpaired) electrons. The molecule has 7 heteroatoms. The van der Waals surface area contributed by atoms with Crippen LogP contribution in [0.5, 0.6) is 0 Å². The zero-order valence-corrected chi connectivity index (χ0v) is 21.5. The summed E-state index contributed by atoms with van der Waals surface area (Å²) in [7, 11) is 0. The van der Waals surface area contributed by atoms with Gasteiger partial charge in [-0.25, -0.2) is 0 Å². The van der Waals surface area contributed by atoms with Crippen LogP contribution in [-0.2, 0) is 16.0 Å². The highest BCUT2D eigenvalue weighted by Crippen LogP contribution is 2.42. The van der Waals surface area contributed by atoms with Crippen molar-refractivity contribution in [3.63, 3.8) is 0 Å². The van der Waals surface area contributed by atoms with Crippen molar-refractivity contribution in [1.82, 2.24) is 16.0 Å². The molecule has 1 aliphatic heterocycles. The molecule has 1 aromatic rings. The molecule has 2 aliphatic rings. The molecule has 1 aromatic carbocycles. The molecule has 0 aromatic heterocycles. The molecule has 2 amide bonds. The number of amides is 2. The van der Waals surface area contributed by atoms with Gasteiger partial charge >= 0.3 is 0 Å². The first-order valence-electron chi connectivity index (χ1n) is 12.1. The SMILES string of the molecule is CCc1ccc(C)c(C2C=C3C(=CC2CC)NC(=O)/C3=C(/C)NC(=N)/C=C\NC(C)(C)C(N)=O)c1. The molecule has 0 saturated carbocycles. The summed E-state index contributed by atoms with van der Waals surface area (Å²) >= 11 is 0. The predicted molar refractivity (Wildman–Crippen MR) is 140 cm³/mol. The van der Waals surface area contributed by atoms with E-state index in [4.69, 9.17) is 11.1 Å². The first-order chi connectivity index (χ1) is 16.5. The Bertz CT molecular complexity index is 1170. The van der Waals surface area contributed by atoms with E-state index < -0.39 is 11.4 Å². The van der Waals surface area contributed by atoms with E-state index in [1.165, 1.54) is 29.0 Å². The molecule has 0 spiro atoms. The number of allylic oxidation sites excluding steroid dienone is 4. The van der Waals surface area contributed by atoms with E-state index in [1.807, 2.05) is 0 Å². The fourth-order valence-electron chi connectivity index (χ4n) is 4.48. The third-order valence-electron chi connectivity index (χ3n) is 6.81. The van der Waals surface area contributed by atoms with E-state index in [2.05, 4.69) is 67.1 Å². The lowest BCUT2D eigenvalue weighted by atomic mass is 9.76. The average Bonchev–Trinajstić information content (AvgIpc) is 3.12. The van der Waals surface area contributed by atoms with Gasteiger partial charge in [-0.3, -0.25) is 15.0 Å². The molecule has 3 rings (SSSR count). The second-order valence-electron chi connectivity index (χ2n) is 9.76. The summed E-state index contributed by atoms with van der Waals surface area (Å²) in [4.78, 5) is 24.4. The number of nitrogens with two attached hydrogens (primary N) is 1. The minimum Gasteiger partial charge on any atom is -0.378 e. The monoisotopic (exact) mass is 475 g/mol. The number of nitrogens with one attached hydrogen (secondary N) is 4. The van der Waals surface area contributed by atoms with Crippen LogP contribution in [0.25, 0.3) is 0 Å². The molecule has 7 nitrogen and oxygen atoms in total. The third-order valence-corrected chi connectivity index (χ3v) is 6.81. The molecule has 186 valence electrons. The summed E-state index contributed by atoms with van der Waals surface area (Å²) in [6.45, 7) is 11.6. The van der Waals surface area contributed by atoms with Crippen LogP contribution in [0.4, 0.5) is 0 Å². The van der Waals surface area contributed by atoms with Gasteiger partial charge in [0.25, 0.3) is 5.91 Å². The number of carbonyl (C=O) groups excluding carboxylic acids is 2. The zero-order chi connectivity index (χ0) is 25.9. The number of hydrogen-bond donors (Lipinski definition) is 5. The molecule has 1 saturated heterocycles. The normalized spacial score (nSPS) is 21.1. The quantitative estimate of drug-likeness (QED) is 0.223. The maximum Gasteiger partial charge on any atom is 0.258 e. The highest BCUT2D eigenvalue weighted by Gasteiger charge is 2.35. The van der Waals surface area contributed by atoms with Crippen LogP contribution in [0.2, 0.25) is 0 Å². The molecular weight excluding hydrogens is 438 g/mol. The van der Waals surface area contributed by atoms with E-state index in [0.717, 1.165) is 24.1 Å². The van der Waals surface area contributed by atoms with Crippen molar-refractivity contribution in [2.75, 3.05) is 0 Å². The summed E-state index contributed by atoms with van der Waals surface area (Å²) < 4.78 is 0. The van der Waals surface area contributed by atoms with Crippen molar-refractivity contribution in [1.29, 1.82) is 5.41 Å². The molecule has 1 aliphatic carbocycles. The maximum atomic E-state index is 12.9. The first kappa shape index (κ1) is 26.0. The summed E-state index contributed by atoms with van der Waals surface area (Å²) in [6, 6.07) is 6.65. The van der Waals surface area contributed by atoms with Gasteiger partial charge in [-0.15, -0.1) is 0 Å². The van der Waals surface area contributed by atoms with Crippen LogP contribution < -0.4 is 21.7 Å². The fraction of sp³-hybridized carbons (Fsp3) is 0.393. The third kappa shape index (κ3) is 5.56. The Morgan fingerprint density at radius 3 is 2.60 bits per heavy atom. The van der Waals surface area contributed by atoms with Crippen LogP contribution in [0.15, 0.2) is 65.2 Å². The maximum absolute atomic E-state index is 12.9. The Morgan fingerprint density at radius 1 is 1.26 bits per heavy atom. The van der Waals surface area contributed by atoms with Gasteiger partial charge in [-0.2, -0.15) is 0 Å². The number of rotatable bonds is 8. The second kappa shape index (κ2) is 10.3. The molecule has 0 bridgehead atoms. The predicted octanol–water partition coefficient (Wildman–Crippen LogP) is 3.83. The van der Waals surface area contributed by atoms with Crippen molar-refractivity contribution in [2.45, 2.75) is 65.8 Å². The van der Waals surface area contributed by atoms with E-state index in [0.29, 0.717) is 11.3 Å². The number of carbonyl (C=O) groups is 2. The molecule has 35 heavy (non-hydrogen) atoms. The van der Waals surface area contributed by atoms with Crippen molar-refractivity contribution >= 4 is 17.6 Å². The second-order valence-corrected chi connectivity index (χ2v) is 9.76. The van der Waals surface area contributed by atoms with Gasteiger partial charge in [-0.05, 0) is 69.2 Å². The minimum atomic E-state index is -0.930. The lowest BCUT2D eigenvalue weighted by molar-refractivity contribution is -0.122. The Kier molecular flexibility index (Phi) is 7.68. The van der Waals surface area contributed by atoms with Crippen LogP contribution in [0, 0.1) is 18.3 Å². The number of amidine groups is 1. The fourth-order valence-corrected chi connectivity index (χ4v) is 4.48. The van der Waals surface area contributed by atoms with Gasteiger partial charge in [0, 0.05) is 29.1 Å². The lowest BCUT2D eigenvalue weighted by Gasteiger charge is -2.28. The highest BCUT2D eigenvalue weighted by atomic mass is 16.2. The van der Waals surface area contributed by atoms with Crippen LogP contribution >= 0.6 is 0 Å². The van der Waals surface area contributed by atoms with Gasteiger partial charge < -0.3 is 21.7 Å². The molecule has 2 unspecified atom stereocenters. The van der Waals surface area contributed by atoms with Crippen molar-refractivity contribution in [2.24, 2.45) is 11.7 Å². The number of aryl methyl sites for hydroxylation is 2. The van der Waals surface area contributed by atoms with Crippen LogP contribution in [0.1, 0.15) is 63.6 Å². The number of hydrogen-bond acceptors (Lipinski definition) is 4. The number of fused-ring (bicyclic) bond motifs is 1. The van der Waals surface area contributed by atoms with E-state index in [-0.39, 0.29) is 23.6 Å². The Labute approximate surface area is 208 Å². The molecular formula is C28H37N5O2. The first-order valence-corrected chi connectivity index (χ1v) is 12.1. The average molecular weight is 476 g/mol. The zero-order valence-electron chi connectivity index (χ0n) is 21.5. The summed E-state index contributed by atoms with van der Waals surface area (Å²) in [5, 5.41) is 17.1. The van der Waals surface area contributed by atoms with Gasteiger partial charge in [0.15, 0.2) is 0 Å². The van der Waals surface area contributed by atoms with Gasteiger partial charge in [0.1, 0.15) is 11.4 Å². The van der Waals surface area contributed by atoms with E-state index in [9.17, 15) is 9.59 Å². The van der Waals surface area contributed by atoms with Crippen molar-refractivity contribution in [3.8, 4) is 0 Å². The summed E-state index contributed by atoms with van der Waals surface area (Å²) in [6.07, 6.45) is 9.32. The highest BCUT2D eigenvalue weighted by molar-refractivity contribution is 6.06. The van der Waals surface area contributed by atoms with E-state index in [1.54, 1.807) is 20.8 Å². The Hall–Kier alpha value is -3.61. The largest absolute Gasteiger partial charge is 0.378 e. The Morgan fingerprint density at radius 2 is 1.97 bits per heavy atom. The van der Waals surface area contributed by atoms with Gasteiger partial charge in [0.05, 0.1) is 5.57 Å². The molecule has 2 atom stereocenters. The van der Waals surface area contributed by atoms with Crippen LogP contribution in [-0.4, -0.2) is 23.2 Å². The topological polar surface area (TPSA) is 120 Å². The number of benzene rings is 1.